The average molecular weight is 215 g/mol. The minimum absolute atomic E-state index is 0. The number of hydrogen-bond donors (Lipinski definition) is 0. The van der Waals surface area contributed by atoms with E-state index in [4.69, 9.17) is 11.6 Å². The fraction of sp³-hybridized carbons (Fsp3) is 0. The Kier molecular flexibility index (Phi) is 5.45. The van der Waals surface area contributed by atoms with Crippen LogP contribution in [0.3, 0.4) is 0 Å². The molecule has 0 spiro atoms. The van der Waals surface area contributed by atoms with Crippen molar-refractivity contribution < 1.29 is 0 Å². The predicted molar refractivity (Wildman–Crippen MR) is 52.7 cm³/mol. The first-order valence-corrected chi connectivity index (χ1v) is 3.19. The molecule has 0 aliphatic heterocycles. The van der Waals surface area contributed by atoms with Gasteiger partial charge in [0.2, 0.25) is 0 Å². The summed E-state index contributed by atoms with van der Waals surface area (Å²) in [5, 5.41) is 0. The Balaban J connectivity index is 0.000000810. The van der Waals surface area contributed by atoms with Crippen molar-refractivity contribution in [1.82, 2.24) is 0 Å². The van der Waals surface area contributed by atoms with Gasteiger partial charge in [-0.15, -0.1) is 0 Å². The molecular weight excluding hydrogens is 204 g/mol. The van der Waals surface area contributed by atoms with Crippen molar-refractivity contribution >= 4 is 35.3 Å². The van der Waals surface area contributed by atoms with E-state index in [1.807, 2.05) is 36.4 Å². The van der Waals surface area contributed by atoms with Crippen LogP contribution in [0.5, 0.6) is 0 Å². The van der Waals surface area contributed by atoms with Crippen LogP contribution in [0.15, 0.2) is 35.9 Å². The van der Waals surface area contributed by atoms with E-state index in [1.165, 1.54) is 5.54 Å². The van der Waals surface area contributed by atoms with Gasteiger partial charge in [-0.1, -0.05) is 41.9 Å². The third-order valence-electron chi connectivity index (χ3n) is 1.06. The van der Waals surface area contributed by atoms with Gasteiger partial charge in [-0.05, 0) is 11.6 Å². The fourth-order valence-electron chi connectivity index (χ4n) is 0.637. The molecule has 0 unspecified atom stereocenters. The van der Waals surface area contributed by atoms with Gasteiger partial charge in [-0.2, -0.15) is 0 Å². The zero-order valence-electron chi connectivity index (χ0n) is 4.92. The van der Waals surface area contributed by atoms with Crippen LogP contribution < -0.4 is 0 Å². The molecule has 10 heavy (non-hydrogen) atoms. The molecule has 0 atom stereocenters. The van der Waals surface area contributed by atoms with Crippen LogP contribution in [0, 0.1) is 0 Å². The van der Waals surface area contributed by atoms with Crippen molar-refractivity contribution in [2.45, 2.75) is 0 Å². The minimum atomic E-state index is 0. The SMILES string of the molecule is ClC=Cc1ccccc1.[GeH4]. The molecule has 0 radical (unpaired) electrons. The van der Waals surface area contributed by atoms with E-state index in [1.54, 1.807) is 0 Å². The standard InChI is InChI=1S/C8H7Cl.GeH4/c9-7-6-8-4-2-1-3-5-8;/h1-7H;1H4. The summed E-state index contributed by atoms with van der Waals surface area (Å²) in [7, 11) is 0. The summed E-state index contributed by atoms with van der Waals surface area (Å²) in [5.41, 5.74) is 2.64. The Bertz CT molecular complexity index is 194. The van der Waals surface area contributed by atoms with Gasteiger partial charge in [-0.3, -0.25) is 0 Å². The summed E-state index contributed by atoms with van der Waals surface area (Å²) in [4.78, 5) is 0. The Morgan fingerprint density at radius 1 is 1.10 bits per heavy atom. The van der Waals surface area contributed by atoms with Crippen molar-refractivity contribution in [3.05, 3.63) is 41.4 Å². The second kappa shape index (κ2) is 5.57. The monoisotopic (exact) mass is 216 g/mol. The van der Waals surface area contributed by atoms with Crippen LogP contribution in [-0.2, 0) is 0 Å². The quantitative estimate of drug-likeness (QED) is 0.622. The first-order chi connectivity index (χ1) is 4.43. The maximum absolute atomic E-state index is 5.36. The molecule has 0 fully saturated rings. The fourth-order valence-corrected chi connectivity index (χ4v) is 0.782. The van der Waals surface area contributed by atoms with Crippen molar-refractivity contribution in [3.63, 3.8) is 0 Å². The van der Waals surface area contributed by atoms with Crippen molar-refractivity contribution in [2.75, 3.05) is 0 Å². The summed E-state index contributed by atoms with van der Waals surface area (Å²) in [6, 6.07) is 9.93. The number of halogens is 1. The number of hydrogen-bond acceptors (Lipinski definition) is 0. The second-order valence-corrected chi connectivity index (χ2v) is 1.96. The molecule has 1 aromatic carbocycles. The molecule has 0 aromatic heterocycles. The van der Waals surface area contributed by atoms with Crippen LogP contribution >= 0.6 is 11.6 Å². The Labute approximate surface area is 76.9 Å². The van der Waals surface area contributed by atoms with E-state index in [0.717, 1.165) is 5.56 Å². The summed E-state index contributed by atoms with van der Waals surface area (Å²) in [5.74, 6) is 0. The van der Waals surface area contributed by atoms with Gasteiger partial charge in [0.1, 0.15) is 0 Å². The van der Waals surface area contributed by atoms with Crippen LogP contribution in [0.4, 0.5) is 0 Å². The average Bonchev–Trinajstić information content (AvgIpc) is 1.91. The van der Waals surface area contributed by atoms with Crippen LogP contribution in [0.25, 0.3) is 6.08 Å². The van der Waals surface area contributed by atoms with Crippen LogP contribution in [0.2, 0.25) is 0 Å². The van der Waals surface area contributed by atoms with E-state index in [9.17, 15) is 0 Å². The van der Waals surface area contributed by atoms with Gasteiger partial charge in [0.15, 0.2) is 0 Å². The number of rotatable bonds is 1. The van der Waals surface area contributed by atoms with Crippen LogP contribution in [-0.4, -0.2) is 17.6 Å². The molecule has 1 rings (SSSR count). The van der Waals surface area contributed by atoms with Crippen LogP contribution in [0.1, 0.15) is 5.56 Å². The van der Waals surface area contributed by atoms with E-state index < -0.39 is 0 Å². The summed E-state index contributed by atoms with van der Waals surface area (Å²) in [6.45, 7) is 0. The van der Waals surface area contributed by atoms with Gasteiger partial charge in [-0.25, -0.2) is 0 Å². The van der Waals surface area contributed by atoms with Crippen molar-refractivity contribution in [1.29, 1.82) is 0 Å². The molecule has 0 saturated carbocycles. The van der Waals surface area contributed by atoms with E-state index in [-0.39, 0.29) is 17.6 Å². The molecule has 2 heteroatoms. The van der Waals surface area contributed by atoms with E-state index >= 15 is 0 Å². The summed E-state index contributed by atoms with van der Waals surface area (Å²) in [6.07, 6.45) is 1.85. The van der Waals surface area contributed by atoms with E-state index in [2.05, 4.69) is 0 Å². The Hall–Kier alpha value is -0.207. The second-order valence-electron chi connectivity index (χ2n) is 1.70. The molecule has 54 valence electrons. The Morgan fingerprint density at radius 2 is 1.70 bits per heavy atom. The summed E-state index contributed by atoms with van der Waals surface area (Å²) < 4.78 is 0. The molecule has 0 aliphatic carbocycles. The molecule has 0 bridgehead atoms. The molecule has 0 nitrogen and oxygen atoms in total. The van der Waals surface area contributed by atoms with Crippen molar-refractivity contribution in [3.8, 4) is 0 Å². The third kappa shape index (κ3) is 3.09. The molecule has 0 saturated heterocycles. The van der Waals surface area contributed by atoms with Gasteiger partial charge < -0.3 is 0 Å². The molecule has 0 heterocycles. The van der Waals surface area contributed by atoms with Gasteiger partial charge in [0, 0.05) is 5.54 Å². The molecular formula is C8H11ClGe. The molecule has 0 amide bonds. The zero-order valence-corrected chi connectivity index (χ0v) is 5.68. The van der Waals surface area contributed by atoms with E-state index in [0.29, 0.717) is 0 Å². The van der Waals surface area contributed by atoms with Gasteiger partial charge in [0.05, 0.1) is 0 Å². The predicted octanol–water partition coefficient (Wildman–Crippen LogP) is 1.44. The summed E-state index contributed by atoms with van der Waals surface area (Å²) >= 11 is 5.36. The first kappa shape index (κ1) is 9.79. The molecule has 0 N–H and O–H groups in total. The number of benzene rings is 1. The van der Waals surface area contributed by atoms with Gasteiger partial charge >= 0.3 is 17.6 Å². The molecule has 0 aliphatic rings. The third-order valence-corrected chi connectivity index (χ3v) is 1.18. The topological polar surface area (TPSA) is 0 Å². The zero-order chi connectivity index (χ0) is 6.53. The first-order valence-electron chi connectivity index (χ1n) is 2.75. The molecule has 1 aromatic rings. The maximum atomic E-state index is 5.36. The Morgan fingerprint density at radius 3 is 2.20 bits per heavy atom. The van der Waals surface area contributed by atoms with Crippen molar-refractivity contribution in [2.24, 2.45) is 0 Å². The van der Waals surface area contributed by atoms with Gasteiger partial charge in [0.25, 0.3) is 0 Å². The normalized spacial score (nSPS) is 9.30.